The predicted octanol–water partition coefficient (Wildman–Crippen LogP) is 4.25. The Morgan fingerprint density at radius 3 is 1.59 bits per heavy atom. The standard InChI is InChI=1S/C12H24O2.C2H6O/c1-2-3-4-5-6-7-8-9-10-11-12(13)14;1-3-2/h2-11H2,1H3,(H,13,14);1-2H3. The number of carboxylic acids is 1. The predicted molar refractivity (Wildman–Crippen MR) is 72.4 cm³/mol. The van der Waals surface area contributed by atoms with E-state index in [0.29, 0.717) is 6.42 Å². The van der Waals surface area contributed by atoms with Gasteiger partial charge in [-0.15, -0.1) is 0 Å². The molecule has 0 atom stereocenters. The third kappa shape index (κ3) is 25.6. The molecule has 1 N–H and O–H groups in total. The monoisotopic (exact) mass is 246 g/mol. The number of carbonyl (C=O) groups is 1. The molecule has 0 spiro atoms. The van der Waals surface area contributed by atoms with Gasteiger partial charge in [-0.3, -0.25) is 4.79 Å². The Morgan fingerprint density at radius 2 is 1.24 bits per heavy atom. The van der Waals surface area contributed by atoms with Crippen LogP contribution in [0.5, 0.6) is 0 Å². The van der Waals surface area contributed by atoms with Gasteiger partial charge in [0.15, 0.2) is 0 Å². The molecule has 0 aliphatic rings. The van der Waals surface area contributed by atoms with Gasteiger partial charge < -0.3 is 9.84 Å². The zero-order valence-corrected chi connectivity index (χ0v) is 11.8. The Kier molecular flexibility index (Phi) is 19.7. The van der Waals surface area contributed by atoms with E-state index in [1.807, 2.05) is 0 Å². The summed E-state index contributed by atoms with van der Waals surface area (Å²) in [5, 5.41) is 8.41. The van der Waals surface area contributed by atoms with Crippen LogP contribution in [0.4, 0.5) is 0 Å². The highest BCUT2D eigenvalue weighted by atomic mass is 16.4. The highest BCUT2D eigenvalue weighted by Gasteiger charge is 1.96. The molecule has 104 valence electrons. The molecule has 0 amide bonds. The normalized spacial score (nSPS) is 9.59. The maximum atomic E-state index is 10.2. The number of methoxy groups -OCH3 is 1. The van der Waals surface area contributed by atoms with Crippen molar-refractivity contribution in [2.75, 3.05) is 14.2 Å². The van der Waals surface area contributed by atoms with Crippen LogP contribution in [-0.4, -0.2) is 25.3 Å². The van der Waals surface area contributed by atoms with E-state index in [9.17, 15) is 4.79 Å². The first-order chi connectivity index (χ1) is 8.18. The Hall–Kier alpha value is -0.570. The quantitative estimate of drug-likeness (QED) is 0.586. The van der Waals surface area contributed by atoms with Gasteiger partial charge in [0.1, 0.15) is 0 Å². The van der Waals surface area contributed by atoms with Gasteiger partial charge in [-0.2, -0.15) is 0 Å². The summed E-state index contributed by atoms with van der Waals surface area (Å²) >= 11 is 0. The molecule has 0 unspecified atom stereocenters. The molecular weight excluding hydrogens is 216 g/mol. The van der Waals surface area contributed by atoms with Crippen molar-refractivity contribution in [1.82, 2.24) is 0 Å². The van der Waals surface area contributed by atoms with Crippen molar-refractivity contribution >= 4 is 5.97 Å². The first-order valence-electron chi connectivity index (χ1n) is 6.80. The lowest BCUT2D eigenvalue weighted by atomic mass is 10.1. The van der Waals surface area contributed by atoms with Crippen molar-refractivity contribution < 1.29 is 14.6 Å². The maximum absolute atomic E-state index is 10.2. The first-order valence-corrected chi connectivity index (χ1v) is 6.80. The molecule has 0 aromatic rings. The van der Waals surface area contributed by atoms with Crippen molar-refractivity contribution in [3.63, 3.8) is 0 Å². The van der Waals surface area contributed by atoms with Crippen LogP contribution in [0.1, 0.15) is 71.1 Å². The highest BCUT2D eigenvalue weighted by Crippen LogP contribution is 2.10. The summed E-state index contributed by atoms with van der Waals surface area (Å²) in [4.78, 5) is 10.2. The second kappa shape index (κ2) is 17.8. The van der Waals surface area contributed by atoms with Gasteiger partial charge in [0, 0.05) is 20.6 Å². The summed E-state index contributed by atoms with van der Waals surface area (Å²) in [5.41, 5.74) is 0. The van der Waals surface area contributed by atoms with Crippen LogP contribution in [0.3, 0.4) is 0 Å². The molecule has 0 saturated heterocycles. The molecule has 0 heterocycles. The molecule has 0 rings (SSSR count). The topological polar surface area (TPSA) is 46.5 Å². The lowest BCUT2D eigenvalue weighted by Gasteiger charge is -2.00. The highest BCUT2D eigenvalue weighted by molar-refractivity contribution is 5.66. The Balaban J connectivity index is 0. The zero-order valence-electron chi connectivity index (χ0n) is 11.8. The molecule has 3 nitrogen and oxygen atoms in total. The number of hydrogen-bond acceptors (Lipinski definition) is 2. The van der Waals surface area contributed by atoms with E-state index in [-0.39, 0.29) is 0 Å². The SMILES string of the molecule is CCCCCCCCCCCC(=O)O.COC. The lowest BCUT2D eigenvalue weighted by Crippen LogP contribution is -1.93. The summed E-state index contributed by atoms with van der Waals surface area (Å²) in [6, 6.07) is 0. The minimum Gasteiger partial charge on any atom is -0.481 e. The van der Waals surface area contributed by atoms with Gasteiger partial charge in [0.05, 0.1) is 0 Å². The van der Waals surface area contributed by atoms with Crippen LogP contribution >= 0.6 is 0 Å². The lowest BCUT2D eigenvalue weighted by molar-refractivity contribution is -0.137. The van der Waals surface area contributed by atoms with E-state index >= 15 is 0 Å². The van der Waals surface area contributed by atoms with Crippen molar-refractivity contribution in [2.45, 2.75) is 71.1 Å². The molecular formula is C14H30O3. The Bertz CT molecular complexity index is 146. The van der Waals surface area contributed by atoms with Crippen molar-refractivity contribution in [1.29, 1.82) is 0 Å². The molecule has 0 radical (unpaired) electrons. The second-order valence-corrected chi connectivity index (χ2v) is 4.38. The summed E-state index contributed by atoms with van der Waals surface area (Å²) in [5.74, 6) is -0.659. The number of aliphatic carboxylic acids is 1. The van der Waals surface area contributed by atoms with Gasteiger partial charge in [-0.25, -0.2) is 0 Å². The summed E-state index contributed by atoms with van der Waals surface area (Å²) in [6.45, 7) is 2.23. The van der Waals surface area contributed by atoms with E-state index in [2.05, 4.69) is 11.7 Å². The van der Waals surface area contributed by atoms with E-state index in [1.165, 1.54) is 44.9 Å². The molecule has 0 aromatic carbocycles. The molecule has 0 aliphatic heterocycles. The van der Waals surface area contributed by atoms with Gasteiger partial charge in [-0.05, 0) is 6.42 Å². The van der Waals surface area contributed by atoms with Gasteiger partial charge in [0.2, 0.25) is 0 Å². The smallest absolute Gasteiger partial charge is 0.303 e. The van der Waals surface area contributed by atoms with Crippen LogP contribution in [0, 0.1) is 0 Å². The molecule has 0 aliphatic carbocycles. The van der Waals surface area contributed by atoms with Gasteiger partial charge >= 0.3 is 5.97 Å². The van der Waals surface area contributed by atoms with Crippen LogP contribution in [0.15, 0.2) is 0 Å². The minimum absolute atomic E-state index is 0.343. The zero-order chi connectivity index (χ0) is 13.4. The Labute approximate surface area is 107 Å². The fourth-order valence-corrected chi connectivity index (χ4v) is 1.59. The average molecular weight is 246 g/mol. The van der Waals surface area contributed by atoms with Crippen molar-refractivity contribution in [2.24, 2.45) is 0 Å². The average Bonchev–Trinajstić information content (AvgIpc) is 2.27. The van der Waals surface area contributed by atoms with E-state index in [4.69, 9.17) is 5.11 Å². The number of rotatable bonds is 10. The van der Waals surface area contributed by atoms with Crippen molar-refractivity contribution in [3.8, 4) is 0 Å². The molecule has 0 bridgehead atoms. The fraction of sp³-hybridized carbons (Fsp3) is 0.929. The number of unbranched alkanes of at least 4 members (excludes halogenated alkanes) is 8. The third-order valence-electron chi connectivity index (χ3n) is 2.49. The van der Waals surface area contributed by atoms with Crippen molar-refractivity contribution in [3.05, 3.63) is 0 Å². The minimum atomic E-state index is -0.659. The number of carboxylic acid groups (broad SMARTS) is 1. The number of ether oxygens (including phenoxy) is 1. The second-order valence-electron chi connectivity index (χ2n) is 4.38. The molecule has 3 heteroatoms. The summed E-state index contributed by atoms with van der Waals surface area (Å²) < 4.78 is 4.25. The van der Waals surface area contributed by atoms with Gasteiger partial charge in [0.25, 0.3) is 0 Å². The van der Waals surface area contributed by atoms with E-state index in [0.717, 1.165) is 12.8 Å². The van der Waals surface area contributed by atoms with Crippen LogP contribution in [-0.2, 0) is 9.53 Å². The third-order valence-corrected chi connectivity index (χ3v) is 2.49. The van der Waals surface area contributed by atoms with Crippen LogP contribution < -0.4 is 0 Å². The molecule has 17 heavy (non-hydrogen) atoms. The first kappa shape index (κ1) is 18.8. The molecule has 0 aromatic heterocycles. The fourth-order valence-electron chi connectivity index (χ4n) is 1.59. The van der Waals surface area contributed by atoms with Gasteiger partial charge in [-0.1, -0.05) is 58.3 Å². The van der Waals surface area contributed by atoms with E-state index < -0.39 is 5.97 Å². The largest absolute Gasteiger partial charge is 0.481 e. The summed E-state index contributed by atoms with van der Waals surface area (Å²) in [7, 11) is 3.25. The molecule has 0 saturated carbocycles. The summed E-state index contributed by atoms with van der Waals surface area (Å²) in [6.07, 6.45) is 11.5. The molecule has 0 fully saturated rings. The van der Waals surface area contributed by atoms with E-state index in [1.54, 1.807) is 14.2 Å². The maximum Gasteiger partial charge on any atom is 0.303 e. The Morgan fingerprint density at radius 1 is 0.882 bits per heavy atom. The van der Waals surface area contributed by atoms with Crippen LogP contribution in [0.2, 0.25) is 0 Å². The van der Waals surface area contributed by atoms with Crippen LogP contribution in [0.25, 0.3) is 0 Å². The number of hydrogen-bond donors (Lipinski definition) is 1.